The Hall–Kier alpha value is -1.55. The number of amides is 1. The third-order valence-corrected chi connectivity index (χ3v) is 18.1. The largest absolute Gasteiger partial charge is 0.412 e. The van der Waals surface area contributed by atoms with E-state index >= 15 is 0 Å². The van der Waals surface area contributed by atoms with E-state index in [-0.39, 0.29) is 28.4 Å². The van der Waals surface area contributed by atoms with Crippen LogP contribution in [0.1, 0.15) is 92.7 Å². The number of benzene rings is 1. The van der Waals surface area contributed by atoms with Gasteiger partial charge in [-0.1, -0.05) is 85.7 Å². The molecule has 2 unspecified atom stereocenters. The summed E-state index contributed by atoms with van der Waals surface area (Å²) in [5.41, 5.74) is -1.37. The summed E-state index contributed by atoms with van der Waals surface area (Å²) in [7, 11) is -6.57. The molecular formula is C32H51NO6SSi. The lowest BCUT2D eigenvalue weighted by atomic mass is 9.68. The molecule has 1 aliphatic heterocycles. The van der Waals surface area contributed by atoms with Gasteiger partial charge in [-0.2, -0.15) is 0 Å². The molecule has 9 heteroatoms. The molecule has 1 aromatic rings. The fourth-order valence-corrected chi connectivity index (χ4v) is 11.8. The van der Waals surface area contributed by atoms with Crippen LogP contribution < -0.4 is 0 Å². The number of hydrogen-bond acceptors (Lipinski definition) is 6. The van der Waals surface area contributed by atoms with Crippen molar-refractivity contribution in [3.63, 3.8) is 0 Å². The first-order valence-corrected chi connectivity index (χ1v) is 19.7. The summed E-state index contributed by atoms with van der Waals surface area (Å²) in [4.78, 5) is 28.5. The van der Waals surface area contributed by atoms with Crippen molar-refractivity contribution in [2.45, 2.75) is 117 Å². The molecule has 1 amide bonds. The average Bonchev–Trinajstić information content (AvgIpc) is 3.35. The van der Waals surface area contributed by atoms with E-state index in [2.05, 4.69) is 47.7 Å². The predicted octanol–water partition coefficient (Wildman–Crippen LogP) is 6.10. The maximum Gasteiger partial charge on any atom is 0.245 e. The second kappa shape index (κ2) is 10.3. The number of ketones is 1. The van der Waals surface area contributed by atoms with Crippen LogP contribution in [0.2, 0.25) is 18.1 Å². The topological polar surface area (TPSA) is 101 Å². The van der Waals surface area contributed by atoms with Crippen LogP contribution in [0.25, 0.3) is 0 Å². The van der Waals surface area contributed by atoms with Crippen LogP contribution in [0.4, 0.5) is 0 Å². The number of carbonyl (C=O) groups is 2. The predicted molar refractivity (Wildman–Crippen MR) is 164 cm³/mol. The Morgan fingerprint density at radius 3 is 2.22 bits per heavy atom. The molecule has 2 bridgehead atoms. The van der Waals surface area contributed by atoms with Crippen LogP contribution in [0.3, 0.4) is 0 Å². The fraction of sp³-hybridized carbons (Fsp3) is 0.750. The van der Waals surface area contributed by atoms with Gasteiger partial charge in [-0.25, -0.2) is 12.7 Å². The number of aliphatic hydroxyl groups excluding tert-OH is 1. The lowest BCUT2D eigenvalue weighted by Crippen LogP contribution is -2.58. The van der Waals surface area contributed by atoms with Crippen LogP contribution in [0.5, 0.6) is 0 Å². The van der Waals surface area contributed by atoms with Gasteiger partial charge in [0.25, 0.3) is 0 Å². The van der Waals surface area contributed by atoms with Crippen molar-refractivity contribution < 1.29 is 27.5 Å². The van der Waals surface area contributed by atoms with Gasteiger partial charge in [0.15, 0.2) is 8.32 Å². The van der Waals surface area contributed by atoms with E-state index in [1.165, 1.54) is 0 Å². The SMILES string of the molecule is CCC(=O)C(C)(C)[C@@H](O[Si](C)(C)C(C)(C)C)C(C(=O)N1[C@H]2C[C@H]3CC[C@]2(CS1(=O)=O)C3(C)C)C(O)c1ccccc1. The number of rotatable bonds is 9. The van der Waals surface area contributed by atoms with Gasteiger partial charge in [0.1, 0.15) is 5.78 Å². The molecule has 0 aromatic heterocycles. The van der Waals surface area contributed by atoms with Crippen molar-refractivity contribution in [3.05, 3.63) is 35.9 Å². The van der Waals surface area contributed by atoms with E-state index in [0.717, 1.165) is 17.1 Å². The molecule has 1 saturated heterocycles. The summed E-state index contributed by atoms with van der Waals surface area (Å²) in [6, 6.07) is 8.43. The molecule has 0 radical (unpaired) electrons. The molecule has 1 aromatic carbocycles. The first-order chi connectivity index (χ1) is 18.7. The average molecular weight is 606 g/mol. The highest BCUT2D eigenvalue weighted by Crippen LogP contribution is 2.70. The van der Waals surface area contributed by atoms with Gasteiger partial charge in [-0.05, 0) is 54.3 Å². The summed E-state index contributed by atoms with van der Waals surface area (Å²) in [5, 5.41) is 11.8. The van der Waals surface area contributed by atoms with E-state index in [1.54, 1.807) is 45.0 Å². The van der Waals surface area contributed by atoms with Gasteiger partial charge in [0.2, 0.25) is 15.9 Å². The molecule has 2 aliphatic carbocycles. The maximum absolute atomic E-state index is 14.9. The van der Waals surface area contributed by atoms with Crippen LogP contribution in [0.15, 0.2) is 30.3 Å². The number of aliphatic hydroxyl groups is 1. The Labute approximate surface area is 248 Å². The van der Waals surface area contributed by atoms with Gasteiger partial charge < -0.3 is 9.53 Å². The molecule has 1 heterocycles. The zero-order valence-corrected chi connectivity index (χ0v) is 28.5. The van der Waals surface area contributed by atoms with E-state index in [1.807, 2.05) is 6.07 Å². The Morgan fingerprint density at radius 2 is 1.71 bits per heavy atom. The molecule has 6 atom stereocenters. The van der Waals surface area contributed by atoms with Crippen molar-refractivity contribution in [2.75, 3.05) is 5.75 Å². The fourth-order valence-electron chi connectivity index (χ4n) is 7.79. The van der Waals surface area contributed by atoms with Crippen molar-refractivity contribution in [1.29, 1.82) is 0 Å². The Morgan fingerprint density at radius 1 is 1.12 bits per heavy atom. The van der Waals surface area contributed by atoms with Crippen molar-refractivity contribution in [3.8, 4) is 0 Å². The normalized spacial score (nSPS) is 29.2. The third kappa shape index (κ3) is 4.96. The first-order valence-electron chi connectivity index (χ1n) is 15.2. The molecule has 41 heavy (non-hydrogen) atoms. The van der Waals surface area contributed by atoms with Crippen molar-refractivity contribution >= 4 is 30.0 Å². The lowest BCUT2D eigenvalue weighted by molar-refractivity contribution is -0.151. The zero-order chi connectivity index (χ0) is 31.0. The number of carbonyl (C=O) groups excluding carboxylic acids is 2. The number of sulfonamides is 1. The number of hydrogen-bond donors (Lipinski definition) is 1. The highest BCUT2D eigenvalue weighted by Gasteiger charge is 2.73. The minimum absolute atomic E-state index is 0.0564. The first kappa shape index (κ1) is 32.4. The Kier molecular flexibility index (Phi) is 8.11. The van der Waals surface area contributed by atoms with Gasteiger partial charge in [-0.15, -0.1) is 0 Å². The van der Waals surface area contributed by atoms with Crippen molar-refractivity contribution in [1.82, 2.24) is 4.31 Å². The van der Waals surface area contributed by atoms with E-state index in [4.69, 9.17) is 4.43 Å². The maximum atomic E-state index is 14.9. The van der Waals surface area contributed by atoms with Crippen molar-refractivity contribution in [2.24, 2.45) is 28.1 Å². The second-order valence-corrected chi connectivity index (χ2v) is 22.0. The van der Waals surface area contributed by atoms with Gasteiger partial charge in [-0.3, -0.25) is 9.59 Å². The van der Waals surface area contributed by atoms with E-state index in [9.17, 15) is 23.1 Å². The van der Waals surface area contributed by atoms with Gasteiger partial charge in [0.05, 0.1) is 29.9 Å². The smallest absolute Gasteiger partial charge is 0.245 e. The van der Waals surface area contributed by atoms with Gasteiger partial charge >= 0.3 is 0 Å². The molecule has 1 spiro atoms. The summed E-state index contributed by atoms with van der Waals surface area (Å²) in [5.74, 6) is -1.75. The molecule has 2 saturated carbocycles. The van der Waals surface area contributed by atoms with E-state index in [0.29, 0.717) is 17.9 Å². The van der Waals surface area contributed by atoms with Crippen LogP contribution in [-0.4, -0.2) is 55.7 Å². The summed E-state index contributed by atoms with van der Waals surface area (Å²) < 4.78 is 36.1. The molecule has 3 aliphatic rings. The van der Waals surface area contributed by atoms with Crippen LogP contribution in [0, 0.1) is 28.1 Å². The highest BCUT2D eigenvalue weighted by atomic mass is 32.2. The van der Waals surface area contributed by atoms with Crippen LogP contribution >= 0.6 is 0 Å². The number of Topliss-reactive ketones (excluding diaryl/α,β-unsaturated/α-hetero) is 1. The Bertz CT molecular complexity index is 1280. The standard InChI is InChI=1S/C32H51NO6SSi/c1-11-24(34)30(5,6)27(39-41(9,10)29(2,3)4)25(26(35)21-15-13-12-14-16-21)28(36)33-23-19-22-17-18-32(23,31(22,7)8)20-40(33,37)38/h12-16,22-23,25-27,35H,11,17-20H2,1-10H3/t22-,23+,25?,26?,27+,32-/m1/s1. The minimum Gasteiger partial charge on any atom is -0.412 e. The second-order valence-electron chi connectivity index (χ2n) is 15.4. The van der Waals surface area contributed by atoms with E-state index < -0.39 is 59.2 Å². The molecule has 4 rings (SSSR count). The molecule has 7 nitrogen and oxygen atoms in total. The summed E-state index contributed by atoms with van der Waals surface area (Å²) in [6.45, 7) is 20.0. The Balaban J connectivity index is 1.91. The number of nitrogens with zero attached hydrogens (tertiary/aromatic N) is 1. The molecular weight excluding hydrogens is 555 g/mol. The van der Waals surface area contributed by atoms with Crippen LogP contribution in [-0.2, 0) is 24.0 Å². The monoisotopic (exact) mass is 605 g/mol. The molecule has 230 valence electrons. The van der Waals surface area contributed by atoms with Gasteiger partial charge in [0, 0.05) is 17.3 Å². The molecule has 1 N–H and O–H groups in total. The quantitative estimate of drug-likeness (QED) is 0.342. The zero-order valence-electron chi connectivity index (χ0n) is 26.7. The summed E-state index contributed by atoms with van der Waals surface area (Å²) >= 11 is 0. The summed E-state index contributed by atoms with van der Waals surface area (Å²) in [6.07, 6.45) is 0.214. The third-order valence-electron chi connectivity index (χ3n) is 11.7. The lowest BCUT2D eigenvalue weighted by Gasteiger charge is -2.48. The highest BCUT2D eigenvalue weighted by molar-refractivity contribution is 7.90. The molecule has 3 fully saturated rings. The minimum atomic E-state index is -3.95. The number of fused-ring (bicyclic) bond motifs is 1.